The van der Waals surface area contributed by atoms with Crippen molar-refractivity contribution >= 4 is 27.7 Å². The Kier molecular flexibility index (Phi) is 9.87. The lowest BCUT2D eigenvalue weighted by Gasteiger charge is -2.30. The zero-order valence-electron chi connectivity index (χ0n) is 17.9. The van der Waals surface area contributed by atoms with Gasteiger partial charge in [0.25, 0.3) is 0 Å². The number of nitrogens with one attached hydrogen (secondary N) is 1. The minimum absolute atomic E-state index is 0.0570. The minimum atomic E-state index is -0.555. The van der Waals surface area contributed by atoms with Crippen molar-refractivity contribution in [3.05, 3.63) is 64.6 Å². The standard InChI is InChI=1S/C24H31BrN2O3/c1-4-18(2)26-24(29)19(3)27(17-20-10-8-11-21(25)16-20)23(28)14-9-15-30-22-12-6-5-7-13-22/h5-8,10-13,16,18-19H,4,9,14-15,17H2,1-3H3,(H,26,29)/t18-,19+/m1/s1. The van der Waals surface area contributed by atoms with Crippen molar-refractivity contribution in [3.63, 3.8) is 0 Å². The predicted octanol–water partition coefficient (Wildman–Crippen LogP) is 4.94. The summed E-state index contributed by atoms with van der Waals surface area (Å²) in [5.41, 5.74) is 0.974. The van der Waals surface area contributed by atoms with Gasteiger partial charge in [0, 0.05) is 23.5 Å². The highest BCUT2D eigenvalue weighted by Gasteiger charge is 2.26. The van der Waals surface area contributed by atoms with Crippen LogP contribution < -0.4 is 10.1 Å². The molecule has 0 spiro atoms. The van der Waals surface area contributed by atoms with Gasteiger partial charge < -0.3 is 15.0 Å². The number of nitrogens with zero attached hydrogens (tertiary/aromatic N) is 1. The van der Waals surface area contributed by atoms with Gasteiger partial charge in [0.15, 0.2) is 0 Å². The maximum absolute atomic E-state index is 13.0. The molecule has 1 N–H and O–H groups in total. The molecule has 2 atom stereocenters. The molecule has 2 rings (SSSR count). The fourth-order valence-corrected chi connectivity index (χ4v) is 3.40. The summed E-state index contributed by atoms with van der Waals surface area (Å²) in [6.07, 6.45) is 1.75. The molecular weight excluding hydrogens is 444 g/mol. The average molecular weight is 475 g/mol. The minimum Gasteiger partial charge on any atom is -0.494 e. The van der Waals surface area contributed by atoms with Gasteiger partial charge in [0.2, 0.25) is 11.8 Å². The first-order chi connectivity index (χ1) is 14.4. The number of halogens is 1. The average Bonchev–Trinajstić information content (AvgIpc) is 2.75. The number of benzene rings is 2. The molecule has 162 valence electrons. The molecule has 2 aromatic carbocycles. The number of carbonyl (C=O) groups is 2. The van der Waals surface area contributed by atoms with Crippen LogP contribution in [0.1, 0.15) is 45.6 Å². The lowest BCUT2D eigenvalue weighted by Crippen LogP contribution is -2.49. The fraction of sp³-hybridized carbons (Fsp3) is 0.417. The Morgan fingerprint density at radius 1 is 1.10 bits per heavy atom. The molecule has 0 aromatic heterocycles. The second-order valence-electron chi connectivity index (χ2n) is 7.41. The highest BCUT2D eigenvalue weighted by molar-refractivity contribution is 9.10. The van der Waals surface area contributed by atoms with Gasteiger partial charge in [-0.05, 0) is 56.5 Å². The molecule has 0 aliphatic heterocycles. The van der Waals surface area contributed by atoms with Crippen molar-refractivity contribution in [3.8, 4) is 5.75 Å². The van der Waals surface area contributed by atoms with Crippen molar-refractivity contribution in [2.24, 2.45) is 0 Å². The van der Waals surface area contributed by atoms with E-state index in [-0.39, 0.29) is 17.9 Å². The summed E-state index contributed by atoms with van der Waals surface area (Å²) >= 11 is 3.47. The third-order valence-electron chi connectivity index (χ3n) is 4.96. The van der Waals surface area contributed by atoms with Gasteiger partial charge in [-0.15, -0.1) is 0 Å². The van der Waals surface area contributed by atoms with Gasteiger partial charge in [-0.2, -0.15) is 0 Å². The van der Waals surface area contributed by atoms with Crippen LogP contribution >= 0.6 is 15.9 Å². The van der Waals surface area contributed by atoms with E-state index in [1.165, 1.54) is 0 Å². The van der Waals surface area contributed by atoms with Crippen molar-refractivity contribution < 1.29 is 14.3 Å². The number of amides is 2. The Morgan fingerprint density at radius 3 is 2.50 bits per heavy atom. The first kappa shape index (κ1) is 23.9. The van der Waals surface area contributed by atoms with Gasteiger partial charge in [0.05, 0.1) is 6.61 Å². The van der Waals surface area contributed by atoms with E-state index in [0.717, 1.165) is 22.2 Å². The van der Waals surface area contributed by atoms with E-state index in [4.69, 9.17) is 4.74 Å². The van der Waals surface area contributed by atoms with Crippen LogP contribution in [-0.2, 0) is 16.1 Å². The topological polar surface area (TPSA) is 58.6 Å². The number of carbonyl (C=O) groups excluding carboxylic acids is 2. The van der Waals surface area contributed by atoms with Crippen molar-refractivity contribution in [1.82, 2.24) is 10.2 Å². The quantitative estimate of drug-likeness (QED) is 0.469. The molecule has 0 saturated heterocycles. The summed E-state index contributed by atoms with van der Waals surface area (Å²) in [7, 11) is 0. The molecule has 0 aliphatic carbocycles. The van der Waals surface area contributed by atoms with E-state index in [1.807, 2.05) is 68.4 Å². The molecule has 30 heavy (non-hydrogen) atoms. The van der Waals surface area contributed by atoms with Crippen LogP contribution in [0.4, 0.5) is 0 Å². The Balaban J connectivity index is 2.01. The Morgan fingerprint density at radius 2 is 1.83 bits per heavy atom. The number of hydrogen-bond donors (Lipinski definition) is 1. The monoisotopic (exact) mass is 474 g/mol. The molecule has 2 amide bonds. The highest BCUT2D eigenvalue weighted by atomic mass is 79.9. The molecule has 0 saturated carbocycles. The Hall–Kier alpha value is -2.34. The van der Waals surface area contributed by atoms with Crippen LogP contribution in [0.3, 0.4) is 0 Å². The van der Waals surface area contributed by atoms with Gasteiger partial charge in [0.1, 0.15) is 11.8 Å². The third kappa shape index (κ3) is 7.82. The van der Waals surface area contributed by atoms with Crippen molar-refractivity contribution in [2.45, 2.75) is 58.7 Å². The lowest BCUT2D eigenvalue weighted by molar-refractivity contribution is -0.141. The molecule has 6 heteroatoms. The van der Waals surface area contributed by atoms with E-state index < -0.39 is 6.04 Å². The number of hydrogen-bond acceptors (Lipinski definition) is 3. The van der Waals surface area contributed by atoms with Crippen LogP contribution in [-0.4, -0.2) is 35.4 Å². The smallest absolute Gasteiger partial charge is 0.242 e. The fourth-order valence-electron chi connectivity index (χ4n) is 2.95. The molecular formula is C24H31BrN2O3. The number of rotatable bonds is 11. The Labute approximate surface area is 187 Å². The van der Waals surface area contributed by atoms with Gasteiger partial charge in [-0.25, -0.2) is 0 Å². The van der Waals surface area contributed by atoms with Gasteiger partial charge in [-0.1, -0.05) is 53.2 Å². The van der Waals surface area contributed by atoms with Crippen molar-refractivity contribution in [2.75, 3.05) is 6.61 Å². The van der Waals surface area contributed by atoms with Crippen LogP contribution in [0.15, 0.2) is 59.1 Å². The molecule has 5 nitrogen and oxygen atoms in total. The summed E-state index contributed by atoms with van der Waals surface area (Å²) < 4.78 is 6.63. The molecule has 0 bridgehead atoms. The molecule has 2 aromatic rings. The lowest BCUT2D eigenvalue weighted by atomic mass is 10.1. The largest absolute Gasteiger partial charge is 0.494 e. The summed E-state index contributed by atoms with van der Waals surface area (Å²) in [4.78, 5) is 27.4. The first-order valence-corrected chi connectivity index (χ1v) is 11.2. The van der Waals surface area contributed by atoms with E-state index in [1.54, 1.807) is 11.8 Å². The molecule has 0 aliphatic rings. The third-order valence-corrected chi connectivity index (χ3v) is 5.45. The molecule has 0 fully saturated rings. The zero-order valence-corrected chi connectivity index (χ0v) is 19.5. The van der Waals surface area contributed by atoms with Crippen molar-refractivity contribution in [1.29, 1.82) is 0 Å². The van der Waals surface area contributed by atoms with Crippen LogP contribution in [0, 0.1) is 0 Å². The number of para-hydroxylation sites is 1. The van der Waals surface area contributed by atoms with E-state index in [2.05, 4.69) is 21.2 Å². The number of ether oxygens (including phenoxy) is 1. The second-order valence-corrected chi connectivity index (χ2v) is 8.33. The molecule has 0 unspecified atom stereocenters. The highest BCUT2D eigenvalue weighted by Crippen LogP contribution is 2.17. The van der Waals surface area contributed by atoms with E-state index in [0.29, 0.717) is 26.0 Å². The summed E-state index contributed by atoms with van der Waals surface area (Å²) in [6, 6.07) is 16.9. The Bertz CT molecular complexity index is 813. The zero-order chi connectivity index (χ0) is 21.9. The first-order valence-electron chi connectivity index (χ1n) is 10.4. The summed E-state index contributed by atoms with van der Waals surface area (Å²) in [5, 5.41) is 2.98. The summed E-state index contributed by atoms with van der Waals surface area (Å²) in [5.74, 6) is 0.601. The maximum Gasteiger partial charge on any atom is 0.242 e. The van der Waals surface area contributed by atoms with Gasteiger partial charge in [-0.3, -0.25) is 9.59 Å². The maximum atomic E-state index is 13.0. The second kappa shape index (κ2) is 12.4. The predicted molar refractivity (Wildman–Crippen MR) is 123 cm³/mol. The van der Waals surface area contributed by atoms with E-state index in [9.17, 15) is 9.59 Å². The van der Waals surface area contributed by atoms with Gasteiger partial charge >= 0.3 is 0 Å². The van der Waals surface area contributed by atoms with Crippen LogP contribution in [0.25, 0.3) is 0 Å². The molecule has 0 heterocycles. The summed E-state index contributed by atoms with van der Waals surface area (Å²) in [6.45, 7) is 6.60. The van der Waals surface area contributed by atoms with E-state index >= 15 is 0 Å². The van der Waals surface area contributed by atoms with Crippen LogP contribution in [0.2, 0.25) is 0 Å². The van der Waals surface area contributed by atoms with Crippen LogP contribution in [0.5, 0.6) is 5.75 Å². The molecule has 0 radical (unpaired) electrons. The normalized spacial score (nSPS) is 12.7. The SMILES string of the molecule is CC[C@@H](C)NC(=O)[C@H](C)N(Cc1cccc(Br)c1)C(=O)CCCOc1ccccc1.